The maximum absolute atomic E-state index is 12.9. The van der Waals surface area contributed by atoms with E-state index in [-0.39, 0.29) is 0 Å². The lowest BCUT2D eigenvalue weighted by molar-refractivity contribution is 0.126. The monoisotopic (exact) mass is 174 g/mol. The van der Waals surface area contributed by atoms with Crippen molar-refractivity contribution >= 4 is 0 Å². The lowest BCUT2D eigenvalue weighted by Gasteiger charge is -2.01. The van der Waals surface area contributed by atoms with Gasteiger partial charge in [-0.15, -0.1) is 0 Å². The van der Waals surface area contributed by atoms with Gasteiger partial charge in [0.05, 0.1) is 0 Å². The summed E-state index contributed by atoms with van der Waals surface area (Å²) >= 11 is 0. The highest BCUT2D eigenvalue weighted by Crippen LogP contribution is 2.34. The zero-order chi connectivity index (χ0) is 8.86. The molecule has 0 radical (unpaired) electrons. The Bertz CT molecular complexity index is 121. The Morgan fingerprint density at radius 3 is 2.33 bits per heavy atom. The lowest BCUT2D eigenvalue weighted by atomic mass is 10.1. The molecule has 1 unspecified atom stereocenters. The summed E-state index contributed by atoms with van der Waals surface area (Å²) < 4.78 is 17.5. The van der Waals surface area contributed by atoms with Crippen LogP contribution in [-0.4, -0.2) is 12.5 Å². The van der Waals surface area contributed by atoms with Crippen LogP contribution in [0.5, 0.6) is 0 Å². The first kappa shape index (κ1) is 9.97. The van der Waals surface area contributed by atoms with Gasteiger partial charge in [0, 0.05) is 6.42 Å². The minimum atomic E-state index is -1.20. The lowest BCUT2D eigenvalue weighted by Crippen LogP contribution is -2.00. The number of hydrogen-bond donors (Lipinski definition) is 0. The molecule has 0 aliphatic carbocycles. The van der Waals surface area contributed by atoms with Crippen LogP contribution in [0.4, 0.5) is 4.39 Å². The van der Waals surface area contributed by atoms with Crippen molar-refractivity contribution in [2.45, 2.75) is 57.7 Å². The van der Waals surface area contributed by atoms with Crippen LogP contribution < -0.4 is 0 Å². The van der Waals surface area contributed by atoms with Crippen LogP contribution in [-0.2, 0) is 4.74 Å². The van der Waals surface area contributed by atoms with Crippen LogP contribution in [0, 0.1) is 0 Å². The summed E-state index contributed by atoms with van der Waals surface area (Å²) in [6.45, 7) is 2.54. The zero-order valence-corrected chi connectivity index (χ0v) is 7.94. The van der Waals surface area contributed by atoms with Gasteiger partial charge < -0.3 is 4.74 Å². The van der Waals surface area contributed by atoms with Crippen LogP contribution in [0.1, 0.15) is 51.9 Å². The minimum absolute atomic E-state index is 0.335. The molecule has 12 heavy (non-hydrogen) atoms. The second-order valence-electron chi connectivity index (χ2n) is 3.69. The van der Waals surface area contributed by atoms with Gasteiger partial charge in [-0.05, 0) is 6.42 Å². The van der Waals surface area contributed by atoms with Gasteiger partial charge in [-0.3, -0.25) is 0 Å². The number of rotatable bonds is 7. The zero-order valence-electron chi connectivity index (χ0n) is 7.94. The molecule has 1 atom stereocenters. The van der Waals surface area contributed by atoms with Crippen molar-refractivity contribution in [3.63, 3.8) is 0 Å². The molecule has 2 heteroatoms. The highest BCUT2D eigenvalue weighted by Gasteiger charge is 2.44. The topological polar surface area (TPSA) is 12.5 Å². The fourth-order valence-electron chi connectivity index (χ4n) is 1.39. The average molecular weight is 174 g/mol. The summed E-state index contributed by atoms with van der Waals surface area (Å²) in [5.74, 6) is -1.20. The Hall–Kier alpha value is -0.110. The number of ether oxygens (including phenoxy) is 1. The van der Waals surface area contributed by atoms with E-state index in [1.807, 2.05) is 0 Å². The predicted molar refractivity (Wildman–Crippen MR) is 47.8 cm³/mol. The van der Waals surface area contributed by atoms with Gasteiger partial charge in [-0.2, -0.15) is 0 Å². The first-order valence-electron chi connectivity index (χ1n) is 5.10. The Labute approximate surface area is 74.3 Å². The first-order valence-corrected chi connectivity index (χ1v) is 5.10. The summed E-state index contributed by atoms with van der Waals surface area (Å²) in [5.41, 5.74) is 0. The third kappa shape index (κ3) is 4.05. The van der Waals surface area contributed by atoms with Crippen molar-refractivity contribution in [2.75, 3.05) is 6.61 Å². The van der Waals surface area contributed by atoms with E-state index in [0.29, 0.717) is 13.0 Å². The van der Waals surface area contributed by atoms with Crippen LogP contribution in [0.3, 0.4) is 0 Å². The molecule has 1 aliphatic heterocycles. The van der Waals surface area contributed by atoms with E-state index in [9.17, 15) is 4.39 Å². The Kier molecular flexibility index (Phi) is 3.99. The van der Waals surface area contributed by atoms with Gasteiger partial charge in [-0.1, -0.05) is 39.0 Å². The molecule has 0 aromatic heterocycles. The smallest absolute Gasteiger partial charge is 0.233 e. The third-order valence-electron chi connectivity index (χ3n) is 2.36. The molecule has 0 N–H and O–H groups in total. The second-order valence-corrected chi connectivity index (χ2v) is 3.69. The van der Waals surface area contributed by atoms with Crippen LogP contribution in [0.15, 0.2) is 0 Å². The molecule has 0 saturated carbocycles. The van der Waals surface area contributed by atoms with Gasteiger partial charge in [0.2, 0.25) is 5.85 Å². The van der Waals surface area contributed by atoms with Gasteiger partial charge in [0.25, 0.3) is 0 Å². The van der Waals surface area contributed by atoms with Crippen LogP contribution in [0.25, 0.3) is 0 Å². The summed E-state index contributed by atoms with van der Waals surface area (Å²) in [7, 11) is 0. The average Bonchev–Trinajstić information content (AvgIpc) is 2.77. The van der Waals surface area contributed by atoms with Crippen molar-refractivity contribution in [1.82, 2.24) is 0 Å². The van der Waals surface area contributed by atoms with E-state index in [0.717, 1.165) is 12.8 Å². The van der Waals surface area contributed by atoms with Gasteiger partial charge in [0.1, 0.15) is 6.61 Å². The molecule has 0 aromatic carbocycles. The Morgan fingerprint density at radius 2 is 1.75 bits per heavy atom. The number of halogens is 1. The van der Waals surface area contributed by atoms with Crippen molar-refractivity contribution in [2.24, 2.45) is 0 Å². The molecule has 0 spiro atoms. The highest BCUT2D eigenvalue weighted by atomic mass is 19.2. The second kappa shape index (κ2) is 4.80. The normalized spacial score (nSPS) is 27.5. The molecule has 1 aliphatic rings. The largest absolute Gasteiger partial charge is 0.338 e. The molecule has 0 amide bonds. The molecule has 0 bridgehead atoms. The van der Waals surface area contributed by atoms with E-state index < -0.39 is 5.85 Å². The van der Waals surface area contributed by atoms with E-state index in [2.05, 4.69) is 11.7 Å². The summed E-state index contributed by atoms with van der Waals surface area (Å²) in [4.78, 5) is 0. The number of alkyl halides is 1. The van der Waals surface area contributed by atoms with Crippen molar-refractivity contribution in [3.8, 4) is 0 Å². The minimum Gasteiger partial charge on any atom is -0.338 e. The van der Waals surface area contributed by atoms with Crippen molar-refractivity contribution in [1.29, 1.82) is 0 Å². The summed E-state index contributed by atoms with van der Waals surface area (Å²) in [6.07, 6.45) is 7.91. The number of epoxide rings is 1. The molecule has 0 aromatic rings. The fourth-order valence-corrected chi connectivity index (χ4v) is 1.39. The molecular formula is C10H19FO. The van der Waals surface area contributed by atoms with E-state index in [1.54, 1.807) is 0 Å². The molecule has 1 heterocycles. The van der Waals surface area contributed by atoms with Crippen LogP contribution in [0.2, 0.25) is 0 Å². The number of unbranched alkanes of at least 4 members (excludes halogenated alkanes) is 5. The molecule has 72 valence electrons. The molecular weight excluding hydrogens is 155 g/mol. The SMILES string of the molecule is CCCCCCCCC1(F)CO1. The molecule has 1 fully saturated rings. The van der Waals surface area contributed by atoms with Crippen molar-refractivity contribution < 1.29 is 9.13 Å². The maximum atomic E-state index is 12.9. The first-order chi connectivity index (χ1) is 5.77. The van der Waals surface area contributed by atoms with Gasteiger partial charge in [0.15, 0.2) is 0 Å². The summed E-state index contributed by atoms with van der Waals surface area (Å²) in [5, 5.41) is 0. The van der Waals surface area contributed by atoms with Gasteiger partial charge in [-0.25, -0.2) is 4.39 Å². The quantitative estimate of drug-likeness (QED) is 0.425. The Morgan fingerprint density at radius 1 is 1.17 bits per heavy atom. The molecule has 1 nitrogen and oxygen atoms in total. The summed E-state index contributed by atoms with van der Waals surface area (Å²) in [6, 6.07) is 0. The van der Waals surface area contributed by atoms with E-state index in [1.165, 1.54) is 25.7 Å². The van der Waals surface area contributed by atoms with Crippen LogP contribution >= 0.6 is 0 Å². The maximum Gasteiger partial charge on any atom is 0.233 e. The number of hydrogen-bond acceptors (Lipinski definition) is 1. The van der Waals surface area contributed by atoms with E-state index in [4.69, 9.17) is 0 Å². The highest BCUT2D eigenvalue weighted by molar-refractivity contribution is 4.79. The van der Waals surface area contributed by atoms with Crippen molar-refractivity contribution in [3.05, 3.63) is 0 Å². The Balaban J connectivity index is 1.77. The third-order valence-corrected chi connectivity index (χ3v) is 2.36. The molecule has 1 saturated heterocycles. The van der Waals surface area contributed by atoms with E-state index >= 15 is 0 Å². The van der Waals surface area contributed by atoms with Gasteiger partial charge >= 0.3 is 0 Å². The molecule has 1 rings (SSSR count). The fraction of sp³-hybridized carbons (Fsp3) is 1.00. The predicted octanol–water partition coefficient (Wildman–Crippen LogP) is 3.43. The standard InChI is InChI=1S/C10H19FO/c1-2-3-4-5-6-7-8-10(11)9-12-10/h2-9H2,1H3.